The molecule has 0 saturated heterocycles. The highest BCUT2D eigenvalue weighted by Crippen LogP contribution is 2.36. The first kappa shape index (κ1) is 31.3. The van der Waals surface area contributed by atoms with Crippen LogP contribution in [-0.4, -0.2) is 45.2 Å². The molecule has 0 aromatic heterocycles. The van der Waals surface area contributed by atoms with Crippen LogP contribution in [-0.2, 0) is 16.1 Å². The van der Waals surface area contributed by atoms with Crippen molar-refractivity contribution in [2.75, 3.05) is 0 Å². The summed E-state index contributed by atoms with van der Waals surface area (Å²) in [4.78, 5) is 10.3. The van der Waals surface area contributed by atoms with Crippen molar-refractivity contribution in [3.8, 4) is 17.2 Å². The van der Waals surface area contributed by atoms with E-state index in [9.17, 15) is 15.0 Å². The van der Waals surface area contributed by atoms with Gasteiger partial charge >= 0.3 is 0 Å². The van der Waals surface area contributed by atoms with Gasteiger partial charge in [-0.3, -0.25) is 4.79 Å². The fourth-order valence-electron chi connectivity index (χ4n) is 2.61. The SMILES string of the molecule is CCC(O)CC(O)CC(C)O.O=COCc1cc(I)c(Oc2cc(I)c(O)c(I)c2)c(I)c1. The highest BCUT2D eigenvalue weighted by atomic mass is 127. The molecule has 0 aliphatic rings. The summed E-state index contributed by atoms with van der Waals surface area (Å²) in [6, 6.07) is 7.40. The predicted molar refractivity (Wildman–Crippen MR) is 160 cm³/mol. The zero-order valence-electron chi connectivity index (χ0n) is 18.0. The van der Waals surface area contributed by atoms with Crippen LogP contribution in [0.15, 0.2) is 24.3 Å². The summed E-state index contributed by atoms with van der Waals surface area (Å²) in [5.41, 5.74) is 0.906. The van der Waals surface area contributed by atoms with E-state index >= 15 is 0 Å². The molecule has 0 aliphatic carbocycles. The Hall–Kier alpha value is 0.310. The van der Waals surface area contributed by atoms with Crippen LogP contribution in [0.2, 0.25) is 0 Å². The van der Waals surface area contributed by atoms with Crippen LogP contribution in [0, 0.1) is 14.3 Å². The third-order valence-corrected chi connectivity index (χ3v) is 7.46. The number of phenols is 1. The summed E-state index contributed by atoms with van der Waals surface area (Å²) in [5, 5.41) is 37.0. The Kier molecular flexibility index (Phi) is 15.3. The third kappa shape index (κ3) is 11.7. The van der Waals surface area contributed by atoms with Crippen LogP contribution in [0.25, 0.3) is 0 Å². The minimum Gasteiger partial charge on any atom is -0.506 e. The molecule has 3 unspecified atom stereocenters. The summed E-state index contributed by atoms with van der Waals surface area (Å²) >= 11 is 8.51. The number of aliphatic hydroxyl groups is 3. The lowest BCUT2D eigenvalue weighted by atomic mass is 10.1. The Morgan fingerprint density at radius 2 is 1.45 bits per heavy atom. The second-order valence-corrected chi connectivity index (χ2v) is 11.8. The maximum atomic E-state index is 10.3. The minimum absolute atomic E-state index is 0.241. The Balaban J connectivity index is 0.000000420. The number of rotatable bonds is 10. The van der Waals surface area contributed by atoms with E-state index in [0.717, 1.165) is 25.6 Å². The number of hydrogen-bond donors (Lipinski definition) is 4. The number of phenolic OH excluding ortho intramolecular Hbond substituents is 1. The molecule has 4 N–H and O–H groups in total. The normalized spacial score (nSPS) is 13.4. The van der Waals surface area contributed by atoms with E-state index in [1.807, 2.05) is 19.1 Å². The van der Waals surface area contributed by atoms with E-state index in [4.69, 9.17) is 19.7 Å². The fourth-order valence-corrected chi connectivity index (χ4v) is 6.44. The molecule has 0 heterocycles. The van der Waals surface area contributed by atoms with Gasteiger partial charge in [-0.15, -0.1) is 0 Å². The van der Waals surface area contributed by atoms with Crippen LogP contribution in [0.4, 0.5) is 0 Å². The summed E-state index contributed by atoms with van der Waals surface area (Å²) in [6.07, 6.45) is -0.155. The zero-order chi connectivity index (χ0) is 25.1. The van der Waals surface area contributed by atoms with E-state index in [1.54, 1.807) is 19.1 Å². The van der Waals surface area contributed by atoms with Gasteiger partial charge in [-0.1, -0.05) is 6.92 Å². The standard InChI is InChI=1S/C14H8I4O4.C8H18O3/c15-9-3-8(4-10(16)13(9)20)22-14-11(17)1-7(2-12(14)18)5-21-6-19;1-3-7(10)5-8(11)4-6(2)9/h1-4,6,20H,5H2;6-11H,3-5H2,1-2H3. The van der Waals surface area contributed by atoms with Crippen LogP contribution in [0.5, 0.6) is 17.2 Å². The highest BCUT2D eigenvalue weighted by Gasteiger charge is 2.14. The van der Waals surface area contributed by atoms with Gasteiger partial charge in [-0.25, -0.2) is 0 Å². The van der Waals surface area contributed by atoms with Gasteiger partial charge < -0.3 is 29.9 Å². The van der Waals surface area contributed by atoms with Crippen molar-refractivity contribution in [3.63, 3.8) is 0 Å². The maximum Gasteiger partial charge on any atom is 0.293 e. The molecular formula is C22H26I4O7. The van der Waals surface area contributed by atoms with Crippen LogP contribution in [0.1, 0.15) is 38.7 Å². The van der Waals surface area contributed by atoms with E-state index in [1.165, 1.54) is 0 Å². The second-order valence-electron chi connectivity index (χ2n) is 7.17. The van der Waals surface area contributed by atoms with Gasteiger partial charge in [0.15, 0.2) is 5.75 Å². The lowest BCUT2D eigenvalue weighted by Gasteiger charge is -2.15. The molecule has 0 fully saturated rings. The number of aliphatic hydroxyl groups excluding tert-OH is 3. The molecule has 3 atom stereocenters. The lowest BCUT2D eigenvalue weighted by Crippen LogP contribution is -2.20. The largest absolute Gasteiger partial charge is 0.506 e. The van der Waals surface area contributed by atoms with Crippen molar-refractivity contribution in [1.82, 2.24) is 0 Å². The number of carbonyl (C=O) groups is 1. The van der Waals surface area contributed by atoms with E-state index in [2.05, 4.69) is 90.4 Å². The third-order valence-electron chi connectivity index (χ3n) is 4.22. The van der Waals surface area contributed by atoms with Gasteiger partial charge in [-0.05, 0) is 146 Å². The first-order valence-electron chi connectivity index (χ1n) is 9.91. The minimum atomic E-state index is -0.579. The Morgan fingerprint density at radius 3 is 1.91 bits per heavy atom. The van der Waals surface area contributed by atoms with Crippen molar-refractivity contribution >= 4 is 96.8 Å². The second kappa shape index (κ2) is 16.1. The van der Waals surface area contributed by atoms with Gasteiger partial charge in [0.25, 0.3) is 6.47 Å². The molecule has 7 nitrogen and oxygen atoms in total. The number of benzene rings is 2. The van der Waals surface area contributed by atoms with Gasteiger partial charge in [0.1, 0.15) is 18.1 Å². The van der Waals surface area contributed by atoms with Crippen molar-refractivity contribution in [1.29, 1.82) is 0 Å². The first-order chi connectivity index (χ1) is 15.5. The van der Waals surface area contributed by atoms with Crippen molar-refractivity contribution < 1.29 is 34.7 Å². The van der Waals surface area contributed by atoms with Crippen molar-refractivity contribution in [2.24, 2.45) is 0 Å². The molecule has 0 aliphatic heterocycles. The number of aromatic hydroxyl groups is 1. The summed E-state index contributed by atoms with van der Waals surface area (Å²) in [6.45, 7) is 4.16. The molecule has 0 bridgehead atoms. The predicted octanol–water partition coefficient (Wildman–Crippen LogP) is 5.56. The van der Waals surface area contributed by atoms with Crippen LogP contribution >= 0.6 is 90.4 Å². The van der Waals surface area contributed by atoms with E-state index < -0.39 is 18.3 Å². The molecule has 184 valence electrons. The van der Waals surface area contributed by atoms with Gasteiger partial charge in [-0.2, -0.15) is 0 Å². The molecule has 2 aromatic rings. The van der Waals surface area contributed by atoms with E-state index in [-0.39, 0.29) is 12.4 Å². The number of hydrogen-bond acceptors (Lipinski definition) is 7. The lowest BCUT2D eigenvalue weighted by molar-refractivity contribution is -0.129. The molecular weight excluding hydrogens is 884 g/mol. The smallest absolute Gasteiger partial charge is 0.293 e. The summed E-state index contributed by atoms with van der Waals surface area (Å²) in [5.74, 6) is 1.67. The monoisotopic (exact) mass is 910 g/mol. The fraction of sp³-hybridized carbons (Fsp3) is 0.409. The number of carbonyl (C=O) groups excluding carboxylic acids is 1. The van der Waals surface area contributed by atoms with Gasteiger partial charge in [0, 0.05) is 0 Å². The average molecular weight is 910 g/mol. The first-order valence-corrected chi connectivity index (χ1v) is 14.2. The molecule has 33 heavy (non-hydrogen) atoms. The van der Waals surface area contributed by atoms with Crippen LogP contribution < -0.4 is 4.74 Å². The zero-order valence-corrected chi connectivity index (χ0v) is 26.6. The van der Waals surface area contributed by atoms with E-state index in [0.29, 0.717) is 31.5 Å². The highest BCUT2D eigenvalue weighted by molar-refractivity contribution is 14.1. The molecule has 0 saturated carbocycles. The quantitative estimate of drug-likeness (QED) is 0.183. The maximum absolute atomic E-state index is 10.3. The average Bonchev–Trinajstić information content (AvgIpc) is 2.72. The Labute approximate surface area is 248 Å². The van der Waals surface area contributed by atoms with Crippen LogP contribution in [0.3, 0.4) is 0 Å². The Bertz CT molecular complexity index is 862. The van der Waals surface area contributed by atoms with Gasteiger partial charge in [0.05, 0.1) is 32.6 Å². The number of ether oxygens (including phenoxy) is 2. The molecule has 11 heteroatoms. The molecule has 2 rings (SSSR count). The van der Waals surface area contributed by atoms with Crippen molar-refractivity contribution in [3.05, 3.63) is 44.1 Å². The van der Waals surface area contributed by atoms with Crippen molar-refractivity contribution in [2.45, 2.75) is 58.0 Å². The molecule has 0 amide bonds. The Morgan fingerprint density at radius 1 is 0.909 bits per heavy atom. The summed E-state index contributed by atoms with van der Waals surface area (Å²) < 4.78 is 14.1. The topological polar surface area (TPSA) is 116 Å². The summed E-state index contributed by atoms with van der Waals surface area (Å²) in [7, 11) is 0. The molecule has 2 aromatic carbocycles. The van der Waals surface area contributed by atoms with Gasteiger partial charge in [0.2, 0.25) is 0 Å². The molecule has 0 radical (unpaired) electrons. The molecule has 0 spiro atoms. The number of halogens is 4.